The minimum atomic E-state index is -0.939. The molecule has 2 atom stereocenters. The van der Waals surface area contributed by atoms with Crippen LogP contribution in [0.5, 0.6) is 0 Å². The Labute approximate surface area is 203 Å². The molecule has 1 amide bonds. The van der Waals surface area contributed by atoms with Crippen LogP contribution in [0.15, 0.2) is 0 Å². The zero-order valence-electron chi connectivity index (χ0n) is 18.7. The summed E-state index contributed by atoms with van der Waals surface area (Å²) in [6, 6.07) is -0.525. The molecule has 5 N–H and O–H groups in total. The van der Waals surface area contributed by atoms with Crippen molar-refractivity contribution >= 4 is 42.7 Å². The van der Waals surface area contributed by atoms with Gasteiger partial charge in [0, 0.05) is 32.3 Å². The highest BCUT2D eigenvalue weighted by atomic mass is 35.5. The lowest BCUT2D eigenvalue weighted by molar-refractivity contribution is -0.144. The molecule has 11 heteroatoms. The summed E-state index contributed by atoms with van der Waals surface area (Å²) < 4.78 is 6.07. The molecule has 1 aliphatic carbocycles. The van der Waals surface area contributed by atoms with Crippen molar-refractivity contribution in [3.05, 3.63) is 0 Å². The number of hydrogen-bond acceptors (Lipinski definition) is 5. The molecule has 32 heavy (non-hydrogen) atoms. The third kappa shape index (κ3) is 8.92. The zero-order valence-corrected chi connectivity index (χ0v) is 20.3. The first-order valence-electron chi connectivity index (χ1n) is 11.4. The Hall–Kier alpha value is -1.29. The quantitative estimate of drug-likeness (QED) is 0.268. The van der Waals surface area contributed by atoms with Gasteiger partial charge in [0.25, 0.3) is 0 Å². The number of rotatable bonds is 10. The molecule has 3 rings (SSSR count). The maximum atomic E-state index is 13.2. The van der Waals surface area contributed by atoms with Crippen molar-refractivity contribution in [2.45, 2.75) is 76.0 Å². The number of aliphatic carboxylic acids is 1. The molecule has 9 nitrogen and oxygen atoms in total. The number of carbonyl (C=O) groups excluding carboxylic acids is 1. The Kier molecular flexibility index (Phi) is 12.6. The fourth-order valence-electron chi connectivity index (χ4n) is 4.48. The van der Waals surface area contributed by atoms with E-state index < -0.39 is 12.0 Å². The molecule has 2 saturated heterocycles. The maximum absolute atomic E-state index is 13.2. The van der Waals surface area contributed by atoms with E-state index in [0.29, 0.717) is 19.1 Å². The van der Waals surface area contributed by atoms with E-state index in [0.717, 1.165) is 71.0 Å². The lowest BCUT2D eigenvalue weighted by Crippen LogP contribution is -2.53. The summed E-state index contributed by atoms with van der Waals surface area (Å²) in [7, 11) is 0. The fourth-order valence-corrected chi connectivity index (χ4v) is 4.48. The Balaban J connectivity index is 0.00000256. The predicted molar refractivity (Wildman–Crippen MR) is 128 cm³/mol. The van der Waals surface area contributed by atoms with Crippen molar-refractivity contribution in [1.29, 1.82) is 5.41 Å². The number of nitrogens with two attached hydrogens (primary N) is 1. The molecule has 3 aliphatic rings. The van der Waals surface area contributed by atoms with Crippen molar-refractivity contribution < 1.29 is 19.4 Å². The van der Waals surface area contributed by atoms with Gasteiger partial charge in [0.1, 0.15) is 0 Å². The topological polar surface area (TPSA) is 132 Å². The third-order valence-corrected chi connectivity index (χ3v) is 6.52. The summed E-state index contributed by atoms with van der Waals surface area (Å²) in [5, 5.41) is 20.0. The van der Waals surface area contributed by atoms with Crippen molar-refractivity contribution in [2.75, 3.05) is 32.8 Å². The van der Waals surface area contributed by atoms with E-state index in [1.165, 1.54) is 0 Å². The maximum Gasteiger partial charge on any atom is 0.305 e. The first kappa shape index (κ1) is 28.7. The molecule has 2 heterocycles. The number of nitrogens with zero attached hydrogens (tertiary/aromatic N) is 2. The molecular weight excluding hydrogens is 457 g/mol. The first-order valence-corrected chi connectivity index (χ1v) is 11.4. The Morgan fingerprint density at radius 2 is 1.78 bits per heavy atom. The number of nitrogens with one attached hydrogen (secondary N) is 2. The molecule has 0 bridgehead atoms. The van der Waals surface area contributed by atoms with E-state index in [4.69, 9.17) is 15.9 Å². The number of halogens is 2. The molecule has 186 valence electrons. The van der Waals surface area contributed by atoms with E-state index in [-0.39, 0.29) is 55.2 Å². The Bertz CT molecular complexity index is 615. The molecule has 1 saturated carbocycles. The second-order valence-electron chi connectivity index (χ2n) is 8.91. The van der Waals surface area contributed by atoms with E-state index in [1.54, 1.807) is 0 Å². The number of amides is 1. The molecule has 0 spiro atoms. The normalized spacial score (nSPS) is 22.4. The first-order chi connectivity index (χ1) is 14.4. The van der Waals surface area contributed by atoms with Crippen LogP contribution in [0.2, 0.25) is 0 Å². The van der Waals surface area contributed by atoms with Crippen LogP contribution >= 0.6 is 24.8 Å². The second kappa shape index (κ2) is 14.1. The van der Waals surface area contributed by atoms with E-state index in [2.05, 4.69) is 5.32 Å². The number of carboxylic acid groups (broad SMARTS) is 1. The van der Waals surface area contributed by atoms with Gasteiger partial charge in [-0.3, -0.25) is 15.0 Å². The van der Waals surface area contributed by atoms with Gasteiger partial charge in [-0.05, 0) is 63.8 Å². The summed E-state index contributed by atoms with van der Waals surface area (Å²) in [6.45, 7) is 3.51. The highest BCUT2D eigenvalue weighted by molar-refractivity contribution is 5.86. The minimum absolute atomic E-state index is 0. The van der Waals surface area contributed by atoms with Crippen molar-refractivity contribution in [2.24, 2.45) is 11.7 Å². The van der Waals surface area contributed by atoms with Gasteiger partial charge in [-0.15, -0.1) is 24.8 Å². The molecule has 0 aromatic rings. The van der Waals surface area contributed by atoms with Crippen molar-refractivity contribution in [1.82, 2.24) is 15.1 Å². The largest absolute Gasteiger partial charge is 0.481 e. The molecule has 0 aromatic heterocycles. The van der Waals surface area contributed by atoms with Crippen LogP contribution in [0.3, 0.4) is 0 Å². The standard InChI is InChI=1S/C21H37N5O4.2ClH/c22-21(23)25-10-6-17(7-11-25)30-12-8-16-3-1-2-9-26(16)20(29)18(13-19(27)28)24-14-15-4-5-15;;/h15-18,24H,1-14H2,(H3,22,23)(H,27,28);2*1H/t16-,18-;;/m0../s1. The van der Waals surface area contributed by atoms with Crippen molar-refractivity contribution in [3.63, 3.8) is 0 Å². The number of piperidine rings is 2. The monoisotopic (exact) mass is 495 g/mol. The van der Waals surface area contributed by atoms with Crippen LogP contribution in [0.25, 0.3) is 0 Å². The number of ether oxygens (including phenoxy) is 1. The third-order valence-electron chi connectivity index (χ3n) is 6.52. The second-order valence-corrected chi connectivity index (χ2v) is 8.91. The lowest BCUT2D eigenvalue weighted by atomic mass is 9.98. The van der Waals surface area contributed by atoms with Crippen LogP contribution in [0.4, 0.5) is 0 Å². The van der Waals surface area contributed by atoms with Gasteiger partial charge in [0.2, 0.25) is 5.91 Å². The number of hydrogen-bond donors (Lipinski definition) is 4. The smallest absolute Gasteiger partial charge is 0.305 e. The highest BCUT2D eigenvalue weighted by Gasteiger charge is 2.34. The number of carbonyl (C=O) groups is 2. The fraction of sp³-hybridized carbons (Fsp3) is 0.857. The van der Waals surface area contributed by atoms with E-state index in [1.807, 2.05) is 9.80 Å². The molecule has 0 unspecified atom stereocenters. The Morgan fingerprint density at radius 1 is 1.09 bits per heavy atom. The molecular formula is C21H39Cl2N5O4. The summed E-state index contributed by atoms with van der Waals surface area (Å²) in [5.41, 5.74) is 5.54. The van der Waals surface area contributed by atoms with Crippen LogP contribution in [0, 0.1) is 11.3 Å². The van der Waals surface area contributed by atoms with Gasteiger partial charge in [-0.25, -0.2) is 0 Å². The summed E-state index contributed by atoms with van der Waals surface area (Å²) >= 11 is 0. The van der Waals surface area contributed by atoms with Gasteiger partial charge in [0.05, 0.1) is 18.6 Å². The average molecular weight is 496 g/mol. The molecule has 2 aliphatic heterocycles. The Morgan fingerprint density at radius 3 is 2.38 bits per heavy atom. The highest BCUT2D eigenvalue weighted by Crippen LogP contribution is 2.28. The molecule has 0 aromatic carbocycles. The van der Waals surface area contributed by atoms with Gasteiger partial charge < -0.3 is 30.7 Å². The van der Waals surface area contributed by atoms with Crippen LogP contribution in [-0.2, 0) is 14.3 Å². The predicted octanol–water partition coefficient (Wildman–Crippen LogP) is 1.82. The van der Waals surface area contributed by atoms with E-state index in [9.17, 15) is 14.7 Å². The number of carboxylic acids is 1. The van der Waals surface area contributed by atoms with Gasteiger partial charge in [-0.1, -0.05) is 0 Å². The number of likely N-dealkylation sites (tertiary alicyclic amines) is 2. The lowest BCUT2D eigenvalue weighted by Gasteiger charge is -2.38. The minimum Gasteiger partial charge on any atom is -0.481 e. The SMILES string of the molecule is Cl.Cl.N=C(N)N1CCC(OCC[C@@H]2CCCCN2C(=O)[C@H](CC(=O)O)NCC2CC2)CC1. The van der Waals surface area contributed by atoms with Gasteiger partial charge in [0.15, 0.2) is 5.96 Å². The summed E-state index contributed by atoms with van der Waals surface area (Å²) in [5.74, 6) is -0.298. The van der Waals surface area contributed by atoms with Gasteiger partial charge in [-0.2, -0.15) is 0 Å². The van der Waals surface area contributed by atoms with Crippen LogP contribution < -0.4 is 11.1 Å². The zero-order chi connectivity index (χ0) is 21.5. The summed E-state index contributed by atoms with van der Waals surface area (Å²) in [4.78, 5) is 28.2. The van der Waals surface area contributed by atoms with Crippen LogP contribution in [0.1, 0.15) is 57.8 Å². The van der Waals surface area contributed by atoms with Gasteiger partial charge >= 0.3 is 5.97 Å². The summed E-state index contributed by atoms with van der Waals surface area (Å²) in [6.07, 6.45) is 7.83. The molecule has 3 fully saturated rings. The van der Waals surface area contributed by atoms with Crippen molar-refractivity contribution in [3.8, 4) is 0 Å². The average Bonchev–Trinajstić information content (AvgIpc) is 3.55. The number of guanidine groups is 1. The van der Waals surface area contributed by atoms with E-state index >= 15 is 0 Å². The van der Waals surface area contributed by atoms with Crippen LogP contribution in [-0.4, -0.2) is 83.7 Å². The molecule has 0 radical (unpaired) electrons.